The smallest absolute Gasteiger partial charge is 0.407 e. The number of carbonyl (C=O) groups excluding carboxylic acids is 2. The quantitative estimate of drug-likeness (QED) is 0.668. The van der Waals surface area contributed by atoms with Gasteiger partial charge in [-0.15, -0.1) is 0 Å². The van der Waals surface area contributed by atoms with Gasteiger partial charge in [0.25, 0.3) is 0 Å². The van der Waals surface area contributed by atoms with Crippen molar-refractivity contribution >= 4 is 18.0 Å². The number of nitrogens with one attached hydrogen (secondary N) is 1. The van der Waals surface area contributed by atoms with Gasteiger partial charge in [-0.05, 0) is 40.5 Å². The number of carboxylic acid groups (broad SMARTS) is 1. The normalized spacial score (nSPS) is 18.0. The number of aliphatic carboxylic acids is 1. The van der Waals surface area contributed by atoms with Crippen molar-refractivity contribution in [3.8, 4) is 11.1 Å². The first-order chi connectivity index (χ1) is 15.8. The molecule has 1 heterocycles. The SMILES string of the molecule is CC(C)[C@@H](NC(=O)OCC1c2ccccc2-c2ccccc21)C(=O)N1CCC(CC(=O)O)C1. The predicted octanol–water partition coefficient (Wildman–Crippen LogP) is 3.87. The Kier molecular flexibility index (Phi) is 6.67. The molecule has 1 fully saturated rings. The maximum absolute atomic E-state index is 13.0. The summed E-state index contributed by atoms with van der Waals surface area (Å²) in [5.41, 5.74) is 4.57. The van der Waals surface area contributed by atoms with E-state index in [0.29, 0.717) is 19.5 Å². The van der Waals surface area contributed by atoms with Gasteiger partial charge in [-0.2, -0.15) is 0 Å². The van der Waals surface area contributed by atoms with Gasteiger partial charge in [-0.1, -0.05) is 62.4 Å². The maximum atomic E-state index is 13.0. The van der Waals surface area contributed by atoms with Crippen LogP contribution in [0.2, 0.25) is 0 Å². The highest BCUT2D eigenvalue weighted by atomic mass is 16.5. The molecule has 2 aromatic rings. The number of carbonyl (C=O) groups is 3. The van der Waals surface area contributed by atoms with Crippen LogP contribution < -0.4 is 5.32 Å². The van der Waals surface area contributed by atoms with Gasteiger partial charge in [0.2, 0.25) is 5.91 Å². The van der Waals surface area contributed by atoms with E-state index in [2.05, 4.69) is 29.6 Å². The summed E-state index contributed by atoms with van der Waals surface area (Å²) in [5, 5.41) is 11.8. The van der Waals surface area contributed by atoms with E-state index in [1.807, 2.05) is 38.1 Å². The molecule has 1 aliphatic heterocycles. The molecule has 2 amide bonds. The van der Waals surface area contributed by atoms with Crippen molar-refractivity contribution < 1.29 is 24.2 Å². The summed E-state index contributed by atoms with van der Waals surface area (Å²) < 4.78 is 5.61. The molecule has 0 saturated carbocycles. The van der Waals surface area contributed by atoms with Crippen LogP contribution in [0.5, 0.6) is 0 Å². The molecule has 7 nitrogen and oxygen atoms in total. The molecule has 2 aromatic carbocycles. The first kappa shape index (κ1) is 22.8. The minimum Gasteiger partial charge on any atom is -0.481 e. The third kappa shape index (κ3) is 4.87. The van der Waals surface area contributed by atoms with Crippen LogP contribution >= 0.6 is 0 Å². The van der Waals surface area contributed by atoms with Crippen LogP contribution in [0.15, 0.2) is 48.5 Å². The van der Waals surface area contributed by atoms with Gasteiger partial charge in [0.15, 0.2) is 0 Å². The van der Waals surface area contributed by atoms with E-state index in [4.69, 9.17) is 9.84 Å². The Balaban J connectivity index is 1.38. The summed E-state index contributed by atoms with van der Waals surface area (Å²) >= 11 is 0. The van der Waals surface area contributed by atoms with Crippen molar-refractivity contribution in [1.82, 2.24) is 10.2 Å². The fourth-order valence-electron chi connectivity index (χ4n) is 4.92. The van der Waals surface area contributed by atoms with Crippen molar-refractivity contribution in [3.63, 3.8) is 0 Å². The van der Waals surface area contributed by atoms with Crippen molar-refractivity contribution in [2.75, 3.05) is 19.7 Å². The minimum atomic E-state index is -0.855. The number of likely N-dealkylation sites (tertiary alicyclic amines) is 1. The van der Waals surface area contributed by atoms with E-state index in [9.17, 15) is 14.4 Å². The zero-order valence-electron chi connectivity index (χ0n) is 19.0. The Labute approximate surface area is 193 Å². The fraction of sp³-hybridized carbons (Fsp3) is 0.423. The first-order valence-electron chi connectivity index (χ1n) is 11.5. The molecule has 33 heavy (non-hydrogen) atoms. The van der Waals surface area contributed by atoms with Gasteiger partial charge in [-0.25, -0.2) is 4.79 Å². The van der Waals surface area contributed by atoms with Gasteiger partial charge in [0.1, 0.15) is 12.6 Å². The highest BCUT2D eigenvalue weighted by Crippen LogP contribution is 2.44. The number of fused-ring (bicyclic) bond motifs is 3. The molecule has 2 aliphatic rings. The Morgan fingerprint density at radius 1 is 1.06 bits per heavy atom. The summed E-state index contributed by atoms with van der Waals surface area (Å²) in [4.78, 5) is 38.4. The average molecular weight is 451 g/mol. The zero-order chi connectivity index (χ0) is 23.5. The van der Waals surface area contributed by atoms with Crippen LogP contribution in [0, 0.1) is 11.8 Å². The van der Waals surface area contributed by atoms with Gasteiger partial charge in [0.05, 0.1) is 0 Å². The van der Waals surface area contributed by atoms with E-state index < -0.39 is 18.1 Å². The molecule has 2 atom stereocenters. The number of amides is 2. The fourth-order valence-corrected chi connectivity index (χ4v) is 4.92. The molecular formula is C26H30N2O5. The van der Waals surface area contributed by atoms with Gasteiger partial charge >= 0.3 is 12.1 Å². The van der Waals surface area contributed by atoms with E-state index in [1.54, 1.807) is 4.90 Å². The highest BCUT2D eigenvalue weighted by molar-refractivity contribution is 5.86. The molecule has 4 rings (SSSR count). The maximum Gasteiger partial charge on any atom is 0.407 e. The molecule has 1 unspecified atom stereocenters. The summed E-state index contributed by atoms with van der Waals surface area (Å²) in [6.07, 6.45) is 0.0918. The molecule has 7 heteroatoms. The minimum absolute atomic E-state index is 0.0475. The first-order valence-corrected chi connectivity index (χ1v) is 11.5. The number of alkyl carbamates (subject to hydrolysis) is 1. The van der Waals surface area contributed by atoms with Crippen molar-refractivity contribution in [2.45, 2.75) is 38.6 Å². The monoisotopic (exact) mass is 450 g/mol. The zero-order valence-corrected chi connectivity index (χ0v) is 19.0. The van der Waals surface area contributed by atoms with Crippen LogP contribution in [0.25, 0.3) is 11.1 Å². The summed E-state index contributed by atoms with van der Waals surface area (Å²) in [5.74, 6) is -1.27. The number of nitrogens with zero attached hydrogens (tertiary/aromatic N) is 1. The largest absolute Gasteiger partial charge is 0.481 e. The number of rotatable bonds is 7. The number of carboxylic acids is 1. The Morgan fingerprint density at radius 3 is 2.24 bits per heavy atom. The summed E-state index contributed by atoms with van der Waals surface area (Å²) in [6.45, 7) is 4.84. The standard InChI is InChI=1S/C26H30N2O5/c1-16(2)24(25(31)28-12-11-17(14-28)13-23(29)30)27-26(32)33-15-22-20-9-5-3-7-18(20)19-8-4-6-10-21(19)22/h3-10,16-17,22,24H,11-15H2,1-2H3,(H,27,32)(H,29,30)/t17?,24-/m1/s1. The number of ether oxygens (including phenoxy) is 1. The van der Waals surface area contributed by atoms with Crippen molar-refractivity contribution in [3.05, 3.63) is 59.7 Å². The van der Waals surface area contributed by atoms with E-state index in [1.165, 1.54) is 0 Å². The third-order valence-corrected chi connectivity index (χ3v) is 6.61. The summed E-state index contributed by atoms with van der Waals surface area (Å²) in [7, 11) is 0. The lowest BCUT2D eigenvalue weighted by atomic mass is 9.98. The average Bonchev–Trinajstić information content (AvgIpc) is 3.37. The Morgan fingerprint density at radius 2 is 1.67 bits per heavy atom. The lowest BCUT2D eigenvalue weighted by Gasteiger charge is -2.27. The highest BCUT2D eigenvalue weighted by Gasteiger charge is 2.35. The van der Waals surface area contributed by atoms with E-state index >= 15 is 0 Å². The molecule has 0 radical (unpaired) electrons. The second-order valence-electron chi connectivity index (χ2n) is 9.23. The molecular weight excluding hydrogens is 420 g/mol. The number of benzene rings is 2. The molecule has 1 aliphatic carbocycles. The third-order valence-electron chi connectivity index (χ3n) is 6.61. The van der Waals surface area contributed by atoms with Crippen LogP contribution in [0.3, 0.4) is 0 Å². The van der Waals surface area contributed by atoms with E-state index in [-0.39, 0.29) is 36.7 Å². The molecule has 174 valence electrons. The predicted molar refractivity (Wildman–Crippen MR) is 124 cm³/mol. The van der Waals surface area contributed by atoms with Crippen LogP contribution in [-0.2, 0) is 14.3 Å². The summed E-state index contributed by atoms with van der Waals surface area (Å²) in [6, 6.07) is 15.5. The second kappa shape index (κ2) is 9.65. The van der Waals surface area contributed by atoms with Crippen LogP contribution in [0.1, 0.15) is 43.7 Å². The van der Waals surface area contributed by atoms with Crippen LogP contribution in [-0.4, -0.2) is 53.7 Å². The lowest BCUT2D eigenvalue weighted by Crippen LogP contribution is -2.51. The molecule has 0 spiro atoms. The molecule has 2 N–H and O–H groups in total. The van der Waals surface area contributed by atoms with Gasteiger partial charge in [-0.3, -0.25) is 9.59 Å². The number of hydrogen-bond acceptors (Lipinski definition) is 4. The topological polar surface area (TPSA) is 95.9 Å². The Bertz CT molecular complexity index is 1000. The Hall–Kier alpha value is -3.35. The van der Waals surface area contributed by atoms with Crippen molar-refractivity contribution in [1.29, 1.82) is 0 Å². The number of hydrogen-bond donors (Lipinski definition) is 2. The van der Waals surface area contributed by atoms with Gasteiger partial charge in [0, 0.05) is 25.4 Å². The molecule has 1 saturated heterocycles. The van der Waals surface area contributed by atoms with E-state index in [0.717, 1.165) is 22.3 Å². The van der Waals surface area contributed by atoms with Crippen molar-refractivity contribution in [2.24, 2.45) is 11.8 Å². The lowest BCUT2D eigenvalue weighted by molar-refractivity contribution is -0.138. The van der Waals surface area contributed by atoms with Gasteiger partial charge < -0.3 is 20.1 Å². The molecule has 0 aromatic heterocycles. The van der Waals surface area contributed by atoms with Crippen LogP contribution in [0.4, 0.5) is 4.79 Å². The second-order valence-corrected chi connectivity index (χ2v) is 9.23. The molecule has 0 bridgehead atoms.